The van der Waals surface area contributed by atoms with Crippen LogP contribution in [-0.4, -0.2) is 64.4 Å². The number of amides is 1. The summed E-state index contributed by atoms with van der Waals surface area (Å²) >= 11 is 3.88. The molecular formula is C30H55BrN4O. The number of hydrazine groups is 1. The first-order valence-corrected chi connectivity index (χ1v) is 16.3. The Hall–Kier alpha value is -0.170. The van der Waals surface area contributed by atoms with Crippen LogP contribution in [0.4, 0.5) is 0 Å². The highest BCUT2D eigenvalue weighted by atomic mass is 79.9. The largest absolute Gasteiger partial charge is 0.339 e. The second-order valence-electron chi connectivity index (χ2n) is 13.1. The molecule has 4 aliphatic rings. The molecule has 0 aromatic heterocycles. The highest BCUT2D eigenvalue weighted by Crippen LogP contribution is 2.44. The summed E-state index contributed by atoms with van der Waals surface area (Å²) in [6.07, 6.45) is 10.8. The summed E-state index contributed by atoms with van der Waals surface area (Å²) in [4.78, 5) is 17.1. The maximum atomic E-state index is 14.2. The number of fused-ring (bicyclic) bond motifs is 1. The Morgan fingerprint density at radius 3 is 2.33 bits per heavy atom. The Morgan fingerprint density at radius 2 is 1.75 bits per heavy atom. The van der Waals surface area contributed by atoms with Crippen LogP contribution < -0.4 is 10.7 Å². The fourth-order valence-corrected chi connectivity index (χ4v) is 9.12. The number of rotatable bonds is 7. The van der Waals surface area contributed by atoms with Gasteiger partial charge in [-0.25, -0.2) is 5.01 Å². The van der Waals surface area contributed by atoms with Gasteiger partial charge in [0.1, 0.15) is 0 Å². The number of alkyl halides is 1. The summed E-state index contributed by atoms with van der Waals surface area (Å²) in [5.41, 5.74) is 4.11. The summed E-state index contributed by atoms with van der Waals surface area (Å²) < 4.78 is 0. The average Bonchev–Trinajstić information content (AvgIpc) is 3.28. The second-order valence-corrected chi connectivity index (χ2v) is 14.3. The smallest absolute Gasteiger partial charge is 0.227 e. The van der Waals surface area contributed by atoms with E-state index in [1.165, 1.54) is 32.1 Å². The molecule has 2 saturated carbocycles. The van der Waals surface area contributed by atoms with Crippen molar-refractivity contribution >= 4 is 21.8 Å². The normalized spacial score (nSPS) is 43.0. The van der Waals surface area contributed by atoms with Crippen molar-refractivity contribution in [1.29, 1.82) is 0 Å². The third kappa shape index (κ3) is 5.45. The Morgan fingerprint density at radius 1 is 1.06 bits per heavy atom. The fourth-order valence-electron chi connectivity index (χ4n) is 8.53. The molecule has 9 unspecified atom stereocenters. The second kappa shape index (κ2) is 12.3. The maximum Gasteiger partial charge on any atom is 0.227 e. The lowest BCUT2D eigenvalue weighted by molar-refractivity contribution is -0.145. The number of halogens is 1. The maximum absolute atomic E-state index is 14.2. The van der Waals surface area contributed by atoms with E-state index in [0.717, 1.165) is 44.1 Å². The van der Waals surface area contributed by atoms with E-state index in [2.05, 4.69) is 78.1 Å². The van der Waals surface area contributed by atoms with Crippen molar-refractivity contribution in [3.05, 3.63) is 0 Å². The number of likely N-dealkylation sites (tertiary alicyclic amines) is 1. The van der Waals surface area contributed by atoms with Crippen LogP contribution in [0, 0.1) is 35.5 Å². The number of carbonyl (C=O) groups excluding carboxylic acids is 1. The van der Waals surface area contributed by atoms with Crippen LogP contribution >= 0.6 is 15.9 Å². The van der Waals surface area contributed by atoms with Gasteiger partial charge in [0.05, 0.1) is 5.92 Å². The lowest BCUT2D eigenvalue weighted by Gasteiger charge is -2.49. The topological polar surface area (TPSA) is 47.6 Å². The van der Waals surface area contributed by atoms with E-state index >= 15 is 0 Å². The van der Waals surface area contributed by atoms with Crippen LogP contribution in [0.2, 0.25) is 0 Å². The molecule has 0 aromatic carbocycles. The number of nitrogens with one attached hydrogen (secondary N) is 2. The zero-order chi connectivity index (χ0) is 26.1. The highest BCUT2D eigenvalue weighted by molar-refractivity contribution is 9.09. The van der Waals surface area contributed by atoms with Crippen LogP contribution in [-0.2, 0) is 4.79 Å². The van der Waals surface area contributed by atoms with Crippen molar-refractivity contribution in [3.63, 3.8) is 0 Å². The van der Waals surface area contributed by atoms with E-state index < -0.39 is 0 Å². The van der Waals surface area contributed by atoms with Crippen LogP contribution in [0.25, 0.3) is 0 Å². The Bertz CT molecular complexity index is 726. The third-order valence-corrected chi connectivity index (χ3v) is 12.3. The third-order valence-electron chi connectivity index (χ3n) is 11.0. The van der Waals surface area contributed by atoms with E-state index in [1.807, 2.05) is 7.05 Å². The SMILES string of the molecule is CCC(C)C1NN(C2CCC(C(C)C)CC2)C2CCN(C(=O)C3CCC(Br)C(C)C3NC)C(CC)C12. The monoisotopic (exact) mass is 566 g/mol. The van der Waals surface area contributed by atoms with Crippen LogP contribution in [0.3, 0.4) is 0 Å². The Kier molecular flexibility index (Phi) is 9.88. The molecule has 5 nitrogen and oxygen atoms in total. The molecule has 2 aliphatic carbocycles. The molecule has 36 heavy (non-hydrogen) atoms. The molecule has 4 rings (SSSR count). The Balaban J connectivity index is 1.54. The van der Waals surface area contributed by atoms with E-state index in [9.17, 15) is 4.79 Å². The molecule has 2 aliphatic heterocycles. The van der Waals surface area contributed by atoms with Gasteiger partial charge in [0, 0.05) is 47.5 Å². The van der Waals surface area contributed by atoms with E-state index in [-0.39, 0.29) is 12.0 Å². The summed E-state index contributed by atoms with van der Waals surface area (Å²) in [6.45, 7) is 15.1. The van der Waals surface area contributed by atoms with Gasteiger partial charge >= 0.3 is 0 Å². The molecule has 0 aromatic rings. The van der Waals surface area contributed by atoms with Crippen molar-refractivity contribution in [2.24, 2.45) is 35.5 Å². The molecule has 0 spiro atoms. The van der Waals surface area contributed by atoms with Gasteiger partial charge in [-0.05, 0) is 82.1 Å². The Labute approximate surface area is 230 Å². The van der Waals surface area contributed by atoms with Gasteiger partial charge in [0.15, 0.2) is 0 Å². The van der Waals surface area contributed by atoms with Gasteiger partial charge in [0.25, 0.3) is 0 Å². The number of hydrogen-bond acceptors (Lipinski definition) is 4. The molecule has 4 fully saturated rings. The molecule has 2 N–H and O–H groups in total. The minimum absolute atomic E-state index is 0.100. The van der Waals surface area contributed by atoms with Crippen molar-refractivity contribution in [1.82, 2.24) is 20.7 Å². The van der Waals surface area contributed by atoms with Crippen LogP contribution in [0.5, 0.6) is 0 Å². The summed E-state index contributed by atoms with van der Waals surface area (Å²) in [5, 5.41) is 6.27. The number of piperidine rings is 1. The number of nitrogens with zero attached hydrogens (tertiary/aromatic N) is 2. The van der Waals surface area contributed by atoms with Gasteiger partial charge in [-0.15, -0.1) is 0 Å². The molecule has 2 heterocycles. The van der Waals surface area contributed by atoms with E-state index in [1.54, 1.807) is 0 Å². The minimum atomic E-state index is 0.100. The summed E-state index contributed by atoms with van der Waals surface area (Å²) in [6, 6.07) is 2.29. The molecule has 9 atom stereocenters. The molecule has 0 radical (unpaired) electrons. The molecule has 0 bridgehead atoms. The first kappa shape index (κ1) is 28.8. The minimum Gasteiger partial charge on any atom is -0.339 e. The van der Waals surface area contributed by atoms with E-state index in [4.69, 9.17) is 0 Å². The van der Waals surface area contributed by atoms with Crippen molar-refractivity contribution in [3.8, 4) is 0 Å². The standard InChI is InChI=1S/C30H55BrN4O/c1-8-19(5)28-27-25(9-2)34(30(36)23-14-15-24(31)20(6)29(23)32-7)17-16-26(27)35(33-28)22-12-10-21(11-13-22)18(3)4/h18-29,32-33H,8-17H2,1-7H3. The first-order valence-electron chi connectivity index (χ1n) is 15.4. The summed E-state index contributed by atoms with van der Waals surface area (Å²) in [5.74, 6) is 3.84. The molecule has 6 heteroatoms. The average molecular weight is 568 g/mol. The predicted molar refractivity (Wildman–Crippen MR) is 154 cm³/mol. The van der Waals surface area contributed by atoms with E-state index in [0.29, 0.717) is 52.7 Å². The quantitative estimate of drug-likeness (QED) is 0.380. The van der Waals surface area contributed by atoms with Gasteiger partial charge in [-0.2, -0.15) is 0 Å². The van der Waals surface area contributed by atoms with Gasteiger partial charge in [0.2, 0.25) is 5.91 Å². The molecular weight excluding hydrogens is 512 g/mol. The van der Waals surface area contributed by atoms with Crippen molar-refractivity contribution in [2.75, 3.05) is 13.6 Å². The number of hydrogen-bond donors (Lipinski definition) is 2. The zero-order valence-electron chi connectivity index (χ0n) is 24.2. The first-order chi connectivity index (χ1) is 17.2. The highest BCUT2D eigenvalue weighted by Gasteiger charge is 2.54. The van der Waals surface area contributed by atoms with Crippen LogP contribution in [0.1, 0.15) is 99.3 Å². The fraction of sp³-hybridized carbons (Fsp3) is 0.967. The molecule has 2 saturated heterocycles. The summed E-state index contributed by atoms with van der Waals surface area (Å²) in [7, 11) is 2.04. The molecule has 1 amide bonds. The lowest BCUT2D eigenvalue weighted by atomic mass is 9.73. The van der Waals surface area contributed by atoms with Crippen molar-refractivity contribution < 1.29 is 4.79 Å². The van der Waals surface area contributed by atoms with Gasteiger partial charge in [-0.3, -0.25) is 10.2 Å². The van der Waals surface area contributed by atoms with Gasteiger partial charge in [-0.1, -0.05) is 63.9 Å². The van der Waals surface area contributed by atoms with Gasteiger partial charge < -0.3 is 10.2 Å². The predicted octanol–water partition coefficient (Wildman–Crippen LogP) is 5.83. The van der Waals surface area contributed by atoms with Crippen molar-refractivity contribution in [2.45, 2.75) is 134 Å². The zero-order valence-corrected chi connectivity index (χ0v) is 25.8. The number of carbonyl (C=O) groups is 1. The lowest BCUT2D eigenvalue weighted by Crippen LogP contribution is -2.61. The van der Waals surface area contributed by atoms with Crippen LogP contribution in [0.15, 0.2) is 0 Å². The molecule has 208 valence electrons.